The zero-order valence-electron chi connectivity index (χ0n) is 9.54. The first kappa shape index (κ1) is 11.6. The van der Waals surface area contributed by atoms with Crippen LogP contribution in [-0.4, -0.2) is 24.3 Å². The molecule has 1 aliphatic rings. The van der Waals surface area contributed by atoms with Crippen molar-refractivity contribution in [1.82, 2.24) is 5.32 Å². The van der Waals surface area contributed by atoms with Gasteiger partial charge in [-0.3, -0.25) is 0 Å². The van der Waals surface area contributed by atoms with E-state index in [1.165, 1.54) is 6.07 Å². The molecule has 2 N–H and O–H groups in total. The van der Waals surface area contributed by atoms with Crippen LogP contribution in [0.1, 0.15) is 17.5 Å². The summed E-state index contributed by atoms with van der Waals surface area (Å²) in [5, 5.41) is 13.1. The Bertz CT molecular complexity index is 367. The topological polar surface area (TPSA) is 32.3 Å². The molecule has 1 aliphatic heterocycles. The van der Waals surface area contributed by atoms with E-state index in [1.54, 1.807) is 6.07 Å². The van der Waals surface area contributed by atoms with Gasteiger partial charge in [0.15, 0.2) is 0 Å². The van der Waals surface area contributed by atoms with Gasteiger partial charge >= 0.3 is 0 Å². The molecule has 0 amide bonds. The van der Waals surface area contributed by atoms with Gasteiger partial charge in [0.25, 0.3) is 0 Å². The zero-order chi connectivity index (χ0) is 11.5. The molecular formula is C13H18FNO. The van der Waals surface area contributed by atoms with E-state index in [9.17, 15) is 9.50 Å². The number of benzene rings is 1. The molecule has 88 valence electrons. The summed E-state index contributed by atoms with van der Waals surface area (Å²) in [6.07, 6.45) is 1.40. The summed E-state index contributed by atoms with van der Waals surface area (Å²) in [7, 11) is 0. The summed E-state index contributed by atoms with van der Waals surface area (Å²) >= 11 is 0. The fourth-order valence-corrected chi connectivity index (χ4v) is 2.29. The van der Waals surface area contributed by atoms with Crippen LogP contribution in [0.15, 0.2) is 18.2 Å². The number of hydrogen-bond donors (Lipinski definition) is 2. The second kappa shape index (κ2) is 4.93. The number of hydrogen-bond acceptors (Lipinski definition) is 2. The third kappa shape index (κ3) is 2.60. The van der Waals surface area contributed by atoms with Crippen molar-refractivity contribution in [1.29, 1.82) is 0 Å². The molecule has 0 bridgehead atoms. The number of piperidine rings is 1. The van der Waals surface area contributed by atoms with Gasteiger partial charge in [-0.2, -0.15) is 0 Å². The largest absolute Gasteiger partial charge is 0.393 e. The van der Waals surface area contributed by atoms with Crippen molar-refractivity contribution in [3.8, 4) is 0 Å². The van der Waals surface area contributed by atoms with Gasteiger partial charge in [0, 0.05) is 12.5 Å². The number of nitrogens with one attached hydrogen (secondary N) is 1. The first-order valence-corrected chi connectivity index (χ1v) is 5.80. The summed E-state index contributed by atoms with van der Waals surface area (Å²) in [5.74, 6) is 0.0569. The lowest BCUT2D eigenvalue weighted by Crippen LogP contribution is -2.40. The molecule has 0 aromatic heterocycles. The second-order valence-corrected chi connectivity index (χ2v) is 4.60. The molecule has 2 rings (SSSR count). The van der Waals surface area contributed by atoms with Gasteiger partial charge in [-0.1, -0.05) is 6.07 Å². The predicted octanol–water partition coefficient (Wildman–Crippen LogP) is 1.65. The average Bonchev–Trinajstić information content (AvgIpc) is 2.25. The molecule has 1 heterocycles. The maximum absolute atomic E-state index is 12.9. The molecule has 1 saturated heterocycles. The van der Waals surface area contributed by atoms with Crippen molar-refractivity contribution in [3.05, 3.63) is 35.1 Å². The van der Waals surface area contributed by atoms with Crippen molar-refractivity contribution in [2.24, 2.45) is 5.92 Å². The highest BCUT2D eigenvalue weighted by Gasteiger charge is 2.23. The maximum atomic E-state index is 12.9. The minimum atomic E-state index is -0.231. The summed E-state index contributed by atoms with van der Waals surface area (Å²) in [6, 6.07) is 4.87. The van der Waals surface area contributed by atoms with E-state index in [1.807, 2.05) is 13.0 Å². The van der Waals surface area contributed by atoms with Gasteiger partial charge in [0.2, 0.25) is 0 Å². The Hall–Kier alpha value is -0.930. The molecule has 0 radical (unpaired) electrons. The molecule has 3 heteroatoms. The normalized spacial score (nSPS) is 25.7. The molecule has 0 spiro atoms. The molecule has 2 unspecified atom stereocenters. The van der Waals surface area contributed by atoms with Gasteiger partial charge < -0.3 is 10.4 Å². The molecule has 1 fully saturated rings. The fraction of sp³-hybridized carbons (Fsp3) is 0.538. The lowest BCUT2D eigenvalue weighted by Gasteiger charge is -2.28. The number of aliphatic hydroxyl groups excluding tert-OH is 1. The molecule has 16 heavy (non-hydrogen) atoms. The van der Waals surface area contributed by atoms with Crippen molar-refractivity contribution in [2.45, 2.75) is 25.9 Å². The Morgan fingerprint density at radius 1 is 1.50 bits per heavy atom. The summed E-state index contributed by atoms with van der Waals surface area (Å²) in [6.45, 7) is 3.65. The van der Waals surface area contributed by atoms with E-state index in [0.29, 0.717) is 0 Å². The van der Waals surface area contributed by atoms with Gasteiger partial charge in [-0.05, 0) is 49.6 Å². The first-order valence-electron chi connectivity index (χ1n) is 5.80. The van der Waals surface area contributed by atoms with E-state index < -0.39 is 0 Å². The molecule has 2 nitrogen and oxygen atoms in total. The quantitative estimate of drug-likeness (QED) is 0.799. The van der Waals surface area contributed by atoms with Gasteiger partial charge in [-0.15, -0.1) is 0 Å². The Morgan fingerprint density at radius 2 is 2.31 bits per heavy atom. The number of rotatable bonds is 2. The average molecular weight is 223 g/mol. The van der Waals surface area contributed by atoms with Crippen LogP contribution in [-0.2, 0) is 6.42 Å². The van der Waals surface area contributed by atoms with Crippen molar-refractivity contribution in [2.75, 3.05) is 13.1 Å². The smallest absolute Gasteiger partial charge is 0.123 e. The van der Waals surface area contributed by atoms with Crippen LogP contribution in [0.3, 0.4) is 0 Å². The monoisotopic (exact) mass is 223 g/mol. The Labute approximate surface area is 95.5 Å². The van der Waals surface area contributed by atoms with E-state index in [2.05, 4.69) is 5.32 Å². The van der Waals surface area contributed by atoms with Crippen LogP contribution in [0.5, 0.6) is 0 Å². The molecule has 2 atom stereocenters. The van der Waals surface area contributed by atoms with E-state index in [0.717, 1.165) is 37.1 Å². The lowest BCUT2D eigenvalue weighted by atomic mass is 9.88. The van der Waals surface area contributed by atoms with Crippen LogP contribution in [0.2, 0.25) is 0 Å². The van der Waals surface area contributed by atoms with Crippen LogP contribution in [0.25, 0.3) is 0 Å². The predicted molar refractivity (Wildman–Crippen MR) is 61.8 cm³/mol. The van der Waals surface area contributed by atoms with Gasteiger partial charge in [0.05, 0.1) is 6.10 Å². The number of aliphatic hydroxyl groups is 1. The van der Waals surface area contributed by atoms with Crippen molar-refractivity contribution >= 4 is 0 Å². The minimum absolute atomic E-state index is 0.191. The number of aryl methyl sites for hydroxylation is 1. The second-order valence-electron chi connectivity index (χ2n) is 4.60. The first-order chi connectivity index (χ1) is 7.66. The van der Waals surface area contributed by atoms with E-state index >= 15 is 0 Å². The third-order valence-electron chi connectivity index (χ3n) is 3.35. The fourth-order valence-electron chi connectivity index (χ4n) is 2.29. The highest BCUT2D eigenvalue weighted by Crippen LogP contribution is 2.20. The Balaban J connectivity index is 2.07. The van der Waals surface area contributed by atoms with E-state index in [-0.39, 0.29) is 17.8 Å². The standard InChI is InChI=1S/C13H18FNO/c1-9-6-12(14)3-2-10(9)7-11-8-15-5-4-13(11)16/h2-3,6,11,13,15-16H,4-5,7-8H2,1H3. The molecule has 1 aromatic carbocycles. The van der Waals surface area contributed by atoms with E-state index in [4.69, 9.17) is 0 Å². The SMILES string of the molecule is Cc1cc(F)ccc1CC1CNCCC1O. The number of halogens is 1. The third-order valence-corrected chi connectivity index (χ3v) is 3.35. The van der Waals surface area contributed by atoms with Crippen LogP contribution in [0.4, 0.5) is 4.39 Å². The van der Waals surface area contributed by atoms with Crippen molar-refractivity contribution in [3.63, 3.8) is 0 Å². The highest BCUT2D eigenvalue weighted by molar-refractivity contribution is 5.27. The Kier molecular flexibility index (Phi) is 3.56. The summed E-state index contributed by atoms with van der Waals surface area (Å²) in [4.78, 5) is 0. The summed E-state index contributed by atoms with van der Waals surface area (Å²) in [5.41, 5.74) is 2.10. The van der Waals surface area contributed by atoms with Crippen LogP contribution >= 0.6 is 0 Å². The summed E-state index contributed by atoms with van der Waals surface area (Å²) < 4.78 is 12.9. The van der Waals surface area contributed by atoms with Crippen LogP contribution in [0, 0.1) is 18.7 Å². The van der Waals surface area contributed by atoms with Gasteiger partial charge in [0.1, 0.15) is 5.82 Å². The van der Waals surface area contributed by atoms with Crippen LogP contribution < -0.4 is 5.32 Å². The molecule has 0 aliphatic carbocycles. The molecule has 1 aromatic rings. The molecular weight excluding hydrogens is 205 g/mol. The lowest BCUT2D eigenvalue weighted by molar-refractivity contribution is 0.0791. The highest BCUT2D eigenvalue weighted by atomic mass is 19.1. The maximum Gasteiger partial charge on any atom is 0.123 e. The van der Waals surface area contributed by atoms with Crippen molar-refractivity contribution < 1.29 is 9.50 Å². The minimum Gasteiger partial charge on any atom is -0.393 e. The molecule has 0 saturated carbocycles. The zero-order valence-corrected chi connectivity index (χ0v) is 9.54. The van der Waals surface area contributed by atoms with Gasteiger partial charge in [-0.25, -0.2) is 4.39 Å². The Morgan fingerprint density at radius 3 is 3.00 bits per heavy atom.